The van der Waals surface area contributed by atoms with Gasteiger partial charge in [-0.1, -0.05) is 25.0 Å². The minimum Gasteiger partial charge on any atom is -0.478 e. The molecule has 0 bridgehead atoms. The number of nitrogens with zero attached hydrogens (tertiary/aromatic N) is 2. The average molecular weight is 329 g/mol. The molecule has 6 heteroatoms. The highest BCUT2D eigenvalue weighted by atomic mass is 19.1. The Morgan fingerprint density at radius 2 is 2.21 bits per heavy atom. The van der Waals surface area contributed by atoms with Gasteiger partial charge in [-0.2, -0.15) is 5.10 Å². The van der Waals surface area contributed by atoms with Gasteiger partial charge in [0, 0.05) is 25.6 Å². The molecule has 1 heterocycles. The molecule has 0 unspecified atom stereocenters. The van der Waals surface area contributed by atoms with Crippen molar-refractivity contribution in [2.75, 3.05) is 6.61 Å². The Labute approximate surface area is 140 Å². The summed E-state index contributed by atoms with van der Waals surface area (Å²) in [5.74, 6) is 4.98. The number of halogens is 1. The lowest BCUT2D eigenvalue weighted by molar-refractivity contribution is 0.0941. The van der Waals surface area contributed by atoms with Crippen LogP contribution >= 0.6 is 0 Å². The summed E-state index contributed by atoms with van der Waals surface area (Å²) in [6.45, 7) is 3.93. The molecule has 0 aliphatic carbocycles. The molecule has 1 N–H and O–H groups in total. The minimum atomic E-state index is -0.489. The van der Waals surface area contributed by atoms with Crippen LogP contribution in [0.5, 0.6) is 5.75 Å². The van der Waals surface area contributed by atoms with Gasteiger partial charge in [0.05, 0.1) is 5.69 Å². The van der Waals surface area contributed by atoms with E-state index in [1.165, 1.54) is 4.68 Å². The molecule has 1 amide bonds. The lowest BCUT2D eigenvalue weighted by Gasteiger charge is -2.09. The van der Waals surface area contributed by atoms with Crippen molar-refractivity contribution in [3.05, 3.63) is 47.0 Å². The fraction of sp³-hybridized carbons (Fsp3) is 0.333. The molecule has 0 spiro atoms. The van der Waals surface area contributed by atoms with E-state index in [4.69, 9.17) is 4.74 Å². The second-order valence-corrected chi connectivity index (χ2v) is 5.20. The second kappa shape index (κ2) is 8.16. The maximum atomic E-state index is 14.4. The van der Waals surface area contributed by atoms with Crippen LogP contribution in [-0.2, 0) is 13.6 Å². The zero-order valence-electron chi connectivity index (χ0n) is 14.0. The van der Waals surface area contributed by atoms with E-state index in [1.54, 1.807) is 38.2 Å². The van der Waals surface area contributed by atoms with Crippen molar-refractivity contribution < 1.29 is 13.9 Å². The highest BCUT2D eigenvalue weighted by molar-refractivity contribution is 5.92. The topological polar surface area (TPSA) is 56.1 Å². The fourth-order valence-electron chi connectivity index (χ4n) is 2.18. The van der Waals surface area contributed by atoms with Crippen LogP contribution in [0, 0.1) is 24.6 Å². The van der Waals surface area contributed by atoms with E-state index < -0.39 is 5.82 Å². The molecule has 2 rings (SSSR count). The molecule has 2 aromatic rings. The van der Waals surface area contributed by atoms with E-state index in [9.17, 15) is 9.18 Å². The zero-order valence-corrected chi connectivity index (χ0v) is 14.0. The first kappa shape index (κ1) is 17.5. The number of amides is 1. The predicted molar refractivity (Wildman–Crippen MR) is 89.1 cm³/mol. The van der Waals surface area contributed by atoms with Gasteiger partial charge in [-0.15, -0.1) is 5.92 Å². The first-order valence-corrected chi connectivity index (χ1v) is 7.67. The van der Waals surface area contributed by atoms with Gasteiger partial charge in [-0.25, -0.2) is 4.39 Å². The number of carbonyl (C=O) groups excluding carboxylic acids is 1. The summed E-state index contributed by atoms with van der Waals surface area (Å²) in [4.78, 5) is 12.1. The summed E-state index contributed by atoms with van der Waals surface area (Å²) in [5.41, 5.74) is 1.52. The molecule has 5 nitrogen and oxygen atoms in total. The van der Waals surface area contributed by atoms with Gasteiger partial charge < -0.3 is 10.1 Å². The molecule has 0 radical (unpaired) electrons. The van der Waals surface area contributed by atoms with Crippen molar-refractivity contribution in [2.24, 2.45) is 7.05 Å². The minimum absolute atomic E-state index is 0.0622. The molecule has 24 heavy (non-hydrogen) atoms. The van der Waals surface area contributed by atoms with E-state index >= 15 is 0 Å². The summed E-state index contributed by atoms with van der Waals surface area (Å²) >= 11 is 0. The third kappa shape index (κ3) is 4.35. The Balaban J connectivity index is 2.02. The summed E-state index contributed by atoms with van der Waals surface area (Å²) in [7, 11) is 1.69. The van der Waals surface area contributed by atoms with Gasteiger partial charge in [-0.05, 0) is 19.1 Å². The largest absolute Gasteiger partial charge is 0.478 e. The summed E-state index contributed by atoms with van der Waals surface area (Å²) < 4.78 is 21.2. The average Bonchev–Trinajstić information content (AvgIpc) is 2.90. The quantitative estimate of drug-likeness (QED) is 0.858. The summed E-state index contributed by atoms with van der Waals surface area (Å²) in [6, 6.07) is 6.51. The number of hydrogen-bond acceptors (Lipinski definition) is 3. The molecule has 0 aliphatic rings. The first-order chi connectivity index (χ1) is 11.5. The Morgan fingerprint density at radius 1 is 1.42 bits per heavy atom. The third-order valence-electron chi connectivity index (χ3n) is 3.32. The number of aromatic nitrogens is 2. The molecule has 0 aliphatic heterocycles. The third-order valence-corrected chi connectivity index (χ3v) is 3.32. The van der Waals surface area contributed by atoms with Crippen LogP contribution in [0.1, 0.15) is 35.1 Å². The van der Waals surface area contributed by atoms with E-state index in [2.05, 4.69) is 22.3 Å². The maximum Gasteiger partial charge on any atom is 0.269 e. The molecular weight excluding hydrogens is 309 g/mol. The van der Waals surface area contributed by atoms with Crippen molar-refractivity contribution in [1.29, 1.82) is 0 Å². The Morgan fingerprint density at radius 3 is 2.88 bits per heavy atom. The first-order valence-electron chi connectivity index (χ1n) is 7.67. The number of aryl methyl sites for hydroxylation is 2. The van der Waals surface area contributed by atoms with Gasteiger partial charge in [0.25, 0.3) is 5.91 Å². The number of hydrogen-bond donors (Lipinski definition) is 1. The monoisotopic (exact) mass is 329 g/mol. The van der Waals surface area contributed by atoms with Crippen LogP contribution in [0.25, 0.3) is 0 Å². The smallest absolute Gasteiger partial charge is 0.269 e. The second-order valence-electron chi connectivity index (χ2n) is 5.20. The van der Waals surface area contributed by atoms with Crippen molar-refractivity contribution in [2.45, 2.75) is 26.8 Å². The molecule has 0 saturated heterocycles. The van der Waals surface area contributed by atoms with E-state index in [-0.39, 0.29) is 24.8 Å². The van der Waals surface area contributed by atoms with Gasteiger partial charge in [-0.3, -0.25) is 9.48 Å². The normalized spacial score (nSPS) is 10.0. The Kier molecular flexibility index (Phi) is 5.96. The number of benzene rings is 1. The highest BCUT2D eigenvalue weighted by Crippen LogP contribution is 2.20. The van der Waals surface area contributed by atoms with Crippen LogP contribution in [0.4, 0.5) is 4.39 Å². The van der Waals surface area contributed by atoms with Crippen molar-refractivity contribution in [1.82, 2.24) is 15.1 Å². The summed E-state index contributed by atoms with van der Waals surface area (Å²) in [6.07, 6.45) is 0.728. The van der Waals surface area contributed by atoms with Gasteiger partial charge >= 0.3 is 0 Å². The molecular formula is C18H20FN3O2. The number of rotatable bonds is 5. The molecule has 126 valence electrons. The van der Waals surface area contributed by atoms with Crippen molar-refractivity contribution >= 4 is 5.91 Å². The van der Waals surface area contributed by atoms with E-state index in [1.807, 2.05) is 6.92 Å². The van der Waals surface area contributed by atoms with E-state index in [0.29, 0.717) is 11.3 Å². The van der Waals surface area contributed by atoms with Crippen LogP contribution in [-0.4, -0.2) is 22.3 Å². The fourth-order valence-corrected chi connectivity index (χ4v) is 2.18. The molecule has 0 saturated carbocycles. The van der Waals surface area contributed by atoms with Crippen LogP contribution in [0.15, 0.2) is 24.3 Å². The molecule has 0 fully saturated rings. The Bertz CT molecular complexity index is 787. The predicted octanol–water partition coefficient (Wildman–Crippen LogP) is 2.59. The van der Waals surface area contributed by atoms with E-state index in [0.717, 1.165) is 12.1 Å². The van der Waals surface area contributed by atoms with Crippen LogP contribution < -0.4 is 10.1 Å². The molecule has 0 atom stereocenters. The van der Waals surface area contributed by atoms with Crippen molar-refractivity contribution in [3.8, 4) is 17.6 Å². The highest BCUT2D eigenvalue weighted by Gasteiger charge is 2.14. The van der Waals surface area contributed by atoms with Gasteiger partial charge in [0.2, 0.25) is 0 Å². The van der Waals surface area contributed by atoms with Gasteiger partial charge in [0.1, 0.15) is 12.3 Å². The number of ether oxygens (including phenoxy) is 1. The molecule has 1 aromatic heterocycles. The van der Waals surface area contributed by atoms with Crippen LogP contribution in [0.2, 0.25) is 0 Å². The standard InChI is InChI=1S/C18H20FN3O2/c1-4-5-6-10-24-16-9-7-8-14(17(16)19)12-20-18(23)15-11-13(2)21-22(15)3/h7-9,11H,4,10,12H2,1-3H3,(H,20,23). The van der Waals surface area contributed by atoms with Gasteiger partial charge in [0.15, 0.2) is 11.6 Å². The lowest BCUT2D eigenvalue weighted by atomic mass is 10.2. The van der Waals surface area contributed by atoms with Crippen molar-refractivity contribution in [3.63, 3.8) is 0 Å². The molecule has 1 aromatic carbocycles. The number of nitrogens with one attached hydrogen (secondary N) is 1. The van der Waals surface area contributed by atoms with Crippen LogP contribution in [0.3, 0.4) is 0 Å². The lowest BCUT2D eigenvalue weighted by Crippen LogP contribution is -2.25. The SMILES string of the molecule is CCC#CCOc1cccc(CNC(=O)c2cc(C)nn2C)c1F. The number of carbonyl (C=O) groups is 1. The Hall–Kier alpha value is -2.81. The maximum absolute atomic E-state index is 14.4. The summed E-state index contributed by atoms with van der Waals surface area (Å²) in [5, 5.41) is 6.81. The zero-order chi connectivity index (χ0) is 17.5.